The third kappa shape index (κ3) is 3.03. The van der Waals surface area contributed by atoms with Crippen LogP contribution in [-0.2, 0) is 0 Å². The summed E-state index contributed by atoms with van der Waals surface area (Å²) in [7, 11) is 0. The van der Waals surface area contributed by atoms with Gasteiger partial charge < -0.3 is 4.74 Å². The molecule has 0 bridgehead atoms. The van der Waals surface area contributed by atoms with E-state index in [0.29, 0.717) is 0 Å². The zero-order valence-electron chi connectivity index (χ0n) is 9.72. The van der Waals surface area contributed by atoms with Crippen LogP contribution in [0.3, 0.4) is 0 Å². The Bertz CT molecular complexity index is 497. The molecule has 17 heavy (non-hydrogen) atoms. The van der Waals surface area contributed by atoms with Crippen molar-refractivity contribution in [3.05, 3.63) is 41.4 Å². The van der Waals surface area contributed by atoms with E-state index in [1.165, 1.54) is 6.33 Å². The quantitative estimate of drug-likeness (QED) is 0.809. The van der Waals surface area contributed by atoms with Gasteiger partial charge in [0, 0.05) is 11.8 Å². The Balaban J connectivity index is 2.27. The Labute approximate surface area is 109 Å². The maximum atomic E-state index is 5.59. The molecule has 0 saturated heterocycles. The maximum absolute atomic E-state index is 5.59. The Hall–Kier alpha value is -1.42. The lowest BCUT2D eigenvalue weighted by Crippen LogP contribution is -2.05. The molecule has 2 rings (SSSR count). The van der Waals surface area contributed by atoms with Crippen molar-refractivity contribution in [1.82, 2.24) is 9.97 Å². The maximum Gasteiger partial charge on any atom is 0.119 e. The summed E-state index contributed by atoms with van der Waals surface area (Å²) < 4.78 is 6.39. The molecular weight excluding hydrogens is 280 g/mol. The van der Waals surface area contributed by atoms with E-state index in [1.54, 1.807) is 6.20 Å². The number of ether oxygens (including phenoxy) is 1. The molecular formula is C13H13BrN2O. The number of rotatable bonds is 3. The van der Waals surface area contributed by atoms with E-state index >= 15 is 0 Å². The number of aromatic nitrogens is 2. The number of benzene rings is 1. The van der Waals surface area contributed by atoms with Crippen LogP contribution in [-0.4, -0.2) is 16.1 Å². The summed E-state index contributed by atoms with van der Waals surface area (Å²) in [5.74, 6) is 0.872. The summed E-state index contributed by atoms with van der Waals surface area (Å²) in [6.45, 7) is 4.02. The molecule has 0 N–H and O–H groups in total. The first-order chi connectivity index (χ1) is 8.16. The SMILES string of the molecule is CC(C)Oc1ccc(-c2cncnc2Br)cc1. The van der Waals surface area contributed by atoms with Crippen molar-refractivity contribution in [2.45, 2.75) is 20.0 Å². The van der Waals surface area contributed by atoms with Crippen LogP contribution in [0.2, 0.25) is 0 Å². The van der Waals surface area contributed by atoms with Crippen molar-refractivity contribution in [1.29, 1.82) is 0 Å². The van der Waals surface area contributed by atoms with Gasteiger partial charge >= 0.3 is 0 Å². The second kappa shape index (κ2) is 5.27. The van der Waals surface area contributed by atoms with Crippen molar-refractivity contribution in [3.63, 3.8) is 0 Å². The molecule has 4 heteroatoms. The highest BCUT2D eigenvalue weighted by Crippen LogP contribution is 2.27. The minimum Gasteiger partial charge on any atom is -0.491 e. The number of nitrogens with zero attached hydrogens (tertiary/aromatic N) is 2. The minimum atomic E-state index is 0.188. The Morgan fingerprint density at radius 2 is 1.88 bits per heavy atom. The van der Waals surface area contributed by atoms with Crippen molar-refractivity contribution < 1.29 is 4.74 Å². The first kappa shape index (κ1) is 12.0. The van der Waals surface area contributed by atoms with Crippen LogP contribution in [0.15, 0.2) is 41.4 Å². The molecule has 0 aliphatic heterocycles. The van der Waals surface area contributed by atoms with Crippen LogP contribution in [0, 0.1) is 0 Å². The van der Waals surface area contributed by atoms with E-state index in [-0.39, 0.29) is 6.10 Å². The van der Waals surface area contributed by atoms with Gasteiger partial charge in [0.05, 0.1) is 6.10 Å². The predicted molar refractivity (Wildman–Crippen MR) is 70.9 cm³/mol. The molecule has 0 atom stereocenters. The Morgan fingerprint density at radius 3 is 2.47 bits per heavy atom. The first-order valence-electron chi connectivity index (χ1n) is 5.39. The van der Waals surface area contributed by atoms with Gasteiger partial charge in [-0.15, -0.1) is 0 Å². The molecule has 1 aromatic carbocycles. The fraction of sp³-hybridized carbons (Fsp3) is 0.231. The zero-order valence-corrected chi connectivity index (χ0v) is 11.3. The van der Waals surface area contributed by atoms with E-state index in [9.17, 15) is 0 Å². The van der Waals surface area contributed by atoms with E-state index < -0.39 is 0 Å². The summed E-state index contributed by atoms with van der Waals surface area (Å²) in [5, 5.41) is 0. The largest absolute Gasteiger partial charge is 0.491 e. The van der Waals surface area contributed by atoms with Gasteiger partial charge in [0.25, 0.3) is 0 Å². The van der Waals surface area contributed by atoms with Gasteiger partial charge in [-0.2, -0.15) is 0 Å². The Kier molecular flexibility index (Phi) is 3.74. The van der Waals surface area contributed by atoms with Crippen LogP contribution in [0.5, 0.6) is 5.75 Å². The van der Waals surface area contributed by atoms with Crippen LogP contribution in [0.1, 0.15) is 13.8 Å². The van der Waals surface area contributed by atoms with Crippen molar-refractivity contribution in [3.8, 4) is 16.9 Å². The van der Waals surface area contributed by atoms with Gasteiger partial charge in [0.1, 0.15) is 16.7 Å². The first-order valence-corrected chi connectivity index (χ1v) is 6.18. The molecule has 0 fully saturated rings. The average molecular weight is 293 g/mol. The van der Waals surface area contributed by atoms with Crippen LogP contribution >= 0.6 is 15.9 Å². The third-order valence-corrected chi connectivity index (χ3v) is 2.83. The second-order valence-corrected chi connectivity index (χ2v) is 4.67. The van der Waals surface area contributed by atoms with Crippen LogP contribution in [0.4, 0.5) is 0 Å². The Morgan fingerprint density at radius 1 is 1.18 bits per heavy atom. The van der Waals surface area contributed by atoms with E-state index in [0.717, 1.165) is 21.5 Å². The lowest BCUT2D eigenvalue weighted by atomic mass is 10.1. The van der Waals surface area contributed by atoms with E-state index in [2.05, 4.69) is 25.9 Å². The number of hydrogen-bond donors (Lipinski definition) is 0. The lowest BCUT2D eigenvalue weighted by molar-refractivity contribution is 0.242. The fourth-order valence-corrected chi connectivity index (χ4v) is 1.92. The van der Waals surface area contributed by atoms with Gasteiger partial charge in [0.15, 0.2) is 0 Å². The van der Waals surface area contributed by atoms with Gasteiger partial charge in [-0.1, -0.05) is 12.1 Å². The highest BCUT2D eigenvalue weighted by atomic mass is 79.9. The molecule has 0 spiro atoms. The van der Waals surface area contributed by atoms with E-state index in [1.807, 2.05) is 38.1 Å². The standard InChI is InChI=1S/C13H13BrN2O/c1-9(2)17-11-5-3-10(4-6-11)12-7-15-8-16-13(12)14/h3-9H,1-2H3. The number of halogens is 1. The van der Waals surface area contributed by atoms with Crippen molar-refractivity contribution >= 4 is 15.9 Å². The molecule has 1 heterocycles. The highest BCUT2D eigenvalue weighted by Gasteiger charge is 2.04. The van der Waals surface area contributed by atoms with Crippen LogP contribution in [0.25, 0.3) is 11.1 Å². The fourth-order valence-electron chi connectivity index (χ4n) is 1.49. The highest BCUT2D eigenvalue weighted by molar-refractivity contribution is 9.10. The van der Waals surface area contributed by atoms with Gasteiger partial charge in [0.2, 0.25) is 0 Å². The predicted octanol–water partition coefficient (Wildman–Crippen LogP) is 3.69. The summed E-state index contributed by atoms with van der Waals surface area (Å²) in [5.41, 5.74) is 2.04. The van der Waals surface area contributed by atoms with Crippen molar-refractivity contribution in [2.75, 3.05) is 0 Å². The van der Waals surface area contributed by atoms with Gasteiger partial charge in [-0.05, 0) is 47.5 Å². The average Bonchev–Trinajstić information content (AvgIpc) is 2.30. The normalized spacial score (nSPS) is 10.6. The summed E-state index contributed by atoms with van der Waals surface area (Å²) in [4.78, 5) is 8.12. The molecule has 1 aromatic heterocycles. The molecule has 0 aliphatic rings. The van der Waals surface area contributed by atoms with Gasteiger partial charge in [-0.25, -0.2) is 9.97 Å². The molecule has 0 radical (unpaired) electrons. The van der Waals surface area contributed by atoms with Crippen LogP contribution < -0.4 is 4.74 Å². The topological polar surface area (TPSA) is 35.0 Å². The molecule has 0 saturated carbocycles. The molecule has 88 valence electrons. The lowest BCUT2D eigenvalue weighted by Gasteiger charge is -2.10. The second-order valence-electron chi connectivity index (χ2n) is 3.92. The summed E-state index contributed by atoms with van der Waals surface area (Å²) in [6.07, 6.45) is 3.49. The third-order valence-electron chi connectivity index (χ3n) is 2.20. The zero-order chi connectivity index (χ0) is 12.3. The van der Waals surface area contributed by atoms with E-state index in [4.69, 9.17) is 4.74 Å². The summed E-state index contributed by atoms with van der Waals surface area (Å²) in [6, 6.07) is 7.91. The molecule has 0 aliphatic carbocycles. The molecule has 2 aromatic rings. The van der Waals surface area contributed by atoms with Gasteiger partial charge in [-0.3, -0.25) is 0 Å². The molecule has 0 amide bonds. The monoisotopic (exact) mass is 292 g/mol. The summed E-state index contributed by atoms with van der Waals surface area (Å²) >= 11 is 3.41. The smallest absolute Gasteiger partial charge is 0.119 e. The minimum absolute atomic E-state index is 0.188. The molecule has 3 nitrogen and oxygen atoms in total. The number of hydrogen-bond acceptors (Lipinski definition) is 3. The molecule has 0 unspecified atom stereocenters. The van der Waals surface area contributed by atoms with Crippen molar-refractivity contribution in [2.24, 2.45) is 0 Å².